The molecule has 0 saturated carbocycles. The third-order valence-corrected chi connectivity index (χ3v) is 4.81. The Morgan fingerprint density at radius 1 is 0.839 bits per heavy atom. The van der Waals surface area contributed by atoms with Crippen LogP contribution in [0.1, 0.15) is 29.9 Å². The van der Waals surface area contributed by atoms with Gasteiger partial charge in [0.25, 0.3) is 0 Å². The molecule has 0 bridgehead atoms. The van der Waals surface area contributed by atoms with Gasteiger partial charge in [-0.2, -0.15) is 0 Å². The fraction of sp³-hybridized carbons (Fsp3) is 0.300. The quantitative estimate of drug-likeness (QED) is 0.684. The molecule has 3 atom stereocenters. The molecule has 2 aromatic carbocycles. The number of aliphatic hydroxyl groups excluding tert-OH is 1. The molecule has 166 valence electrons. The Bertz CT molecular complexity index is 1000. The van der Waals surface area contributed by atoms with Gasteiger partial charge < -0.3 is 5.11 Å². The van der Waals surface area contributed by atoms with Crippen molar-refractivity contribution in [2.75, 3.05) is 13.1 Å². The van der Waals surface area contributed by atoms with Crippen LogP contribution in [0.2, 0.25) is 0 Å². The zero-order valence-electron chi connectivity index (χ0n) is 15.7. The molecule has 3 unspecified atom stereocenters. The van der Waals surface area contributed by atoms with Crippen molar-refractivity contribution in [3.8, 4) is 0 Å². The number of nitrogens with zero attached hydrogens (tertiary/aromatic N) is 2. The number of halogens is 6. The fourth-order valence-corrected chi connectivity index (χ4v) is 3.10. The first-order chi connectivity index (χ1) is 14.6. The maximum absolute atomic E-state index is 14.6. The predicted octanol–water partition coefficient (Wildman–Crippen LogP) is 3.94. The predicted molar refractivity (Wildman–Crippen MR) is 94.9 cm³/mol. The summed E-state index contributed by atoms with van der Waals surface area (Å²) in [5.74, 6) is -5.99. The number of hydrogen-bond donors (Lipinski definition) is 1. The van der Waals surface area contributed by atoms with Crippen molar-refractivity contribution in [2.45, 2.75) is 25.0 Å². The number of carbonyl (C=O) groups excluding carboxylic acids is 2. The highest BCUT2D eigenvalue weighted by atomic mass is 19.2. The number of carbonyl (C=O) groups is 2. The summed E-state index contributed by atoms with van der Waals surface area (Å²) in [6, 6.07) is 3.21. The van der Waals surface area contributed by atoms with Crippen LogP contribution in [0.3, 0.4) is 0 Å². The summed E-state index contributed by atoms with van der Waals surface area (Å²) >= 11 is 0. The molecule has 31 heavy (non-hydrogen) atoms. The molecule has 1 saturated heterocycles. The van der Waals surface area contributed by atoms with Crippen LogP contribution >= 0.6 is 0 Å². The largest absolute Gasteiger partial charge is 0.373 e. The van der Waals surface area contributed by atoms with Gasteiger partial charge in [0.2, 0.25) is 5.91 Å². The summed E-state index contributed by atoms with van der Waals surface area (Å²) in [6.45, 7) is -1.70. The number of imide groups is 1. The van der Waals surface area contributed by atoms with Crippen molar-refractivity contribution < 1.29 is 41.0 Å². The standard InChI is InChI=1S/C20H16F6N2O3/c21-12-3-1-10(5-14(12)23)16(25)8-27-18(29)7-19(30)28(20(27)31)9-17(26)11-2-4-13(22)15(24)6-11/h1-6,16-18,29H,7-9H2. The maximum atomic E-state index is 14.6. The lowest BCUT2D eigenvalue weighted by atomic mass is 10.1. The van der Waals surface area contributed by atoms with Crippen LogP contribution in [-0.2, 0) is 4.79 Å². The molecule has 3 rings (SSSR count). The molecule has 0 aromatic heterocycles. The lowest BCUT2D eigenvalue weighted by Gasteiger charge is -2.38. The van der Waals surface area contributed by atoms with Crippen LogP contribution in [0.15, 0.2) is 36.4 Å². The van der Waals surface area contributed by atoms with E-state index in [0.29, 0.717) is 34.1 Å². The van der Waals surface area contributed by atoms with Crippen LogP contribution in [0.4, 0.5) is 31.1 Å². The highest BCUT2D eigenvalue weighted by Gasteiger charge is 2.40. The van der Waals surface area contributed by atoms with Gasteiger partial charge in [-0.3, -0.25) is 14.6 Å². The topological polar surface area (TPSA) is 60.9 Å². The highest BCUT2D eigenvalue weighted by molar-refractivity contribution is 5.97. The number of alkyl halides is 2. The van der Waals surface area contributed by atoms with E-state index in [-0.39, 0.29) is 11.1 Å². The van der Waals surface area contributed by atoms with Crippen LogP contribution < -0.4 is 0 Å². The van der Waals surface area contributed by atoms with Gasteiger partial charge in [0.1, 0.15) is 18.6 Å². The first-order valence-corrected chi connectivity index (χ1v) is 9.05. The van der Waals surface area contributed by atoms with Gasteiger partial charge in [-0.1, -0.05) is 12.1 Å². The summed E-state index contributed by atoms with van der Waals surface area (Å²) in [4.78, 5) is 25.7. The molecular formula is C20H16F6N2O3. The van der Waals surface area contributed by atoms with Gasteiger partial charge in [0.05, 0.1) is 19.5 Å². The SMILES string of the molecule is O=C1CC(O)N(CC(F)c2ccc(F)c(F)c2)C(=O)N1CC(F)c1ccc(F)c(F)c1. The van der Waals surface area contributed by atoms with Gasteiger partial charge in [-0.05, 0) is 35.4 Å². The zero-order valence-corrected chi connectivity index (χ0v) is 15.7. The summed E-state index contributed by atoms with van der Waals surface area (Å²) in [6.07, 6.45) is -6.51. The molecular weight excluding hydrogens is 430 g/mol. The Morgan fingerprint density at radius 2 is 1.32 bits per heavy atom. The number of hydrogen-bond acceptors (Lipinski definition) is 3. The van der Waals surface area contributed by atoms with E-state index in [2.05, 4.69) is 0 Å². The Labute approximate surface area is 172 Å². The Balaban J connectivity index is 1.75. The van der Waals surface area contributed by atoms with Gasteiger partial charge in [-0.15, -0.1) is 0 Å². The molecule has 1 fully saturated rings. The minimum Gasteiger partial charge on any atom is -0.373 e. The van der Waals surface area contributed by atoms with E-state index in [0.717, 1.165) is 12.1 Å². The summed E-state index contributed by atoms with van der Waals surface area (Å²) in [5.41, 5.74) is -0.644. The van der Waals surface area contributed by atoms with Crippen LogP contribution in [0.25, 0.3) is 0 Å². The molecule has 5 nitrogen and oxygen atoms in total. The van der Waals surface area contributed by atoms with Crippen molar-refractivity contribution in [3.05, 3.63) is 70.8 Å². The average molecular weight is 446 g/mol. The number of benzene rings is 2. The minimum absolute atomic E-state index is 0.312. The van der Waals surface area contributed by atoms with E-state index in [1.165, 1.54) is 0 Å². The Hall–Kier alpha value is -3.08. The molecule has 1 aliphatic rings. The third-order valence-electron chi connectivity index (χ3n) is 4.81. The second-order valence-corrected chi connectivity index (χ2v) is 6.91. The van der Waals surface area contributed by atoms with Gasteiger partial charge in [-0.25, -0.2) is 31.1 Å². The molecule has 11 heteroatoms. The van der Waals surface area contributed by atoms with Gasteiger partial charge in [0, 0.05) is 0 Å². The van der Waals surface area contributed by atoms with Crippen LogP contribution in [0.5, 0.6) is 0 Å². The van der Waals surface area contributed by atoms with Crippen LogP contribution in [-0.4, -0.2) is 46.2 Å². The second kappa shape index (κ2) is 8.96. The van der Waals surface area contributed by atoms with Crippen LogP contribution in [0, 0.1) is 23.3 Å². The fourth-order valence-electron chi connectivity index (χ4n) is 3.10. The molecule has 0 aliphatic carbocycles. The lowest BCUT2D eigenvalue weighted by Crippen LogP contribution is -2.58. The summed E-state index contributed by atoms with van der Waals surface area (Å²) < 4.78 is 81.8. The lowest BCUT2D eigenvalue weighted by molar-refractivity contribution is -0.140. The first kappa shape index (κ1) is 22.6. The first-order valence-electron chi connectivity index (χ1n) is 9.05. The van der Waals surface area contributed by atoms with Crippen molar-refractivity contribution in [2.24, 2.45) is 0 Å². The normalized spacial score (nSPS) is 19.0. The maximum Gasteiger partial charge on any atom is 0.328 e. The van der Waals surface area contributed by atoms with Crippen molar-refractivity contribution in [3.63, 3.8) is 0 Å². The number of urea groups is 1. The monoisotopic (exact) mass is 446 g/mol. The molecule has 0 radical (unpaired) electrons. The molecule has 1 N–H and O–H groups in total. The van der Waals surface area contributed by atoms with E-state index in [1.54, 1.807) is 0 Å². The van der Waals surface area contributed by atoms with Gasteiger partial charge in [0.15, 0.2) is 23.3 Å². The summed E-state index contributed by atoms with van der Waals surface area (Å²) in [7, 11) is 0. The number of aliphatic hydroxyl groups is 1. The molecule has 1 heterocycles. The summed E-state index contributed by atoms with van der Waals surface area (Å²) in [5, 5.41) is 10.0. The van der Waals surface area contributed by atoms with E-state index in [1.807, 2.05) is 0 Å². The Kier molecular flexibility index (Phi) is 6.54. The van der Waals surface area contributed by atoms with Crippen molar-refractivity contribution in [1.29, 1.82) is 0 Å². The van der Waals surface area contributed by atoms with Gasteiger partial charge >= 0.3 is 6.03 Å². The Morgan fingerprint density at radius 3 is 1.81 bits per heavy atom. The molecule has 0 spiro atoms. The van der Waals surface area contributed by atoms with E-state index in [4.69, 9.17) is 0 Å². The zero-order chi connectivity index (χ0) is 22.9. The highest BCUT2D eigenvalue weighted by Crippen LogP contribution is 2.27. The number of rotatable bonds is 6. The van der Waals surface area contributed by atoms with Crippen molar-refractivity contribution >= 4 is 11.9 Å². The van der Waals surface area contributed by atoms with E-state index >= 15 is 0 Å². The smallest absolute Gasteiger partial charge is 0.328 e. The molecule has 3 amide bonds. The average Bonchev–Trinajstić information content (AvgIpc) is 2.72. The van der Waals surface area contributed by atoms with Crippen molar-refractivity contribution in [1.82, 2.24) is 9.80 Å². The molecule has 1 aliphatic heterocycles. The third kappa shape index (κ3) is 4.82. The second-order valence-electron chi connectivity index (χ2n) is 6.91. The van der Waals surface area contributed by atoms with E-state index < -0.39 is 73.3 Å². The van der Waals surface area contributed by atoms with E-state index in [9.17, 15) is 41.0 Å². The number of amides is 3. The molecule has 2 aromatic rings. The minimum atomic E-state index is -2.08.